The minimum atomic E-state index is 0.236. The van der Waals surface area contributed by atoms with E-state index in [2.05, 4.69) is 10.1 Å². The van der Waals surface area contributed by atoms with Crippen molar-refractivity contribution in [2.75, 3.05) is 5.73 Å². The van der Waals surface area contributed by atoms with Gasteiger partial charge in [0.25, 0.3) is 0 Å². The van der Waals surface area contributed by atoms with Crippen LogP contribution in [0.2, 0.25) is 5.02 Å². The molecule has 0 aromatic carbocycles. The van der Waals surface area contributed by atoms with Crippen molar-refractivity contribution in [3.8, 4) is 5.82 Å². The topological polar surface area (TPSA) is 56.7 Å². The van der Waals surface area contributed by atoms with Crippen molar-refractivity contribution >= 4 is 17.4 Å². The van der Waals surface area contributed by atoms with Crippen LogP contribution >= 0.6 is 11.6 Å². The fourth-order valence-electron chi connectivity index (χ4n) is 1.45. The first-order valence-electron chi connectivity index (χ1n) is 5.06. The average Bonchev–Trinajstić information content (AvgIpc) is 2.58. The lowest BCUT2D eigenvalue weighted by molar-refractivity contribution is 0.761. The Balaban J connectivity index is 2.55. The summed E-state index contributed by atoms with van der Waals surface area (Å²) in [5.74, 6) is 1.35. The van der Waals surface area contributed by atoms with Gasteiger partial charge in [-0.3, -0.25) is 0 Å². The molecule has 2 aromatic rings. The van der Waals surface area contributed by atoms with Crippen molar-refractivity contribution in [3.05, 3.63) is 35.1 Å². The van der Waals surface area contributed by atoms with Crippen molar-refractivity contribution in [3.63, 3.8) is 0 Å². The van der Waals surface area contributed by atoms with Crippen LogP contribution in [0, 0.1) is 0 Å². The Kier molecular flexibility index (Phi) is 2.83. The van der Waals surface area contributed by atoms with Crippen LogP contribution in [0.25, 0.3) is 5.82 Å². The third-order valence-electron chi connectivity index (χ3n) is 2.30. The van der Waals surface area contributed by atoms with Crippen LogP contribution in [0.4, 0.5) is 5.82 Å². The third-order valence-corrected chi connectivity index (χ3v) is 2.69. The van der Waals surface area contributed by atoms with Crippen molar-refractivity contribution in [2.45, 2.75) is 19.8 Å². The lowest BCUT2D eigenvalue weighted by Gasteiger charge is -2.01. The molecule has 0 amide bonds. The van der Waals surface area contributed by atoms with E-state index in [0.717, 1.165) is 5.69 Å². The third kappa shape index (κ3) is 1.76. The minimum Gasteiger partial charge on any atom is -0.382 e. The van der Waals surface area contributed by atoms with Gasteiger partial charge in [0.2, 0.25) is 0 Å². The van der Waals surface area contributed by atoms with Crippen molar-refractivity contribution in [2.24, 2.45) is 0 Å². The number of pyridine rings is 1. The van der Waals surface area contributed by atoms with Crippen molar-refractivity contribution < 1.29 is 0 Å². The van der Waals surface area contributed by atoms with Gasteiger partial charge in [0, 0.05) is 6.20 Å². The fourth-order valence-corrected chi connectivity index (χ4v) is 1.79. The van der Waals surface area contributed by atoms with Gasteiger partial charge in [0.15, 0.2) is 5.82 Å². The van der Waals surface area contributed by atoms with E-state index < -0.39 is 0 Å². The number of hydrogen-bond acceptors (Lipinski definition) is 3. The first-order chi connectivity index (χ1) is 7.61. The summed E-state index contributed by atoms with van der Waals surface area (Å²) in [5, 5.41) is 4.89. The second-order valence-corrected chi connectivity index (χ2v) is 4.22. The molecule has 2 N–H and O–H groups in total. The lowest BCUT2D eigenvalue weighted by atomic mass is 10.1. The molecule has 0 saturated heterocycles. The highest BCUT2D eigenvalue weighted by Gasteiger charge is 2.17. The molecule has 0 fully saturated rings. The molecule has 2 heterocycles. The molecule has 16 heavy (non-hydrogen) atoms. The minimum absolute atomic E-state index is 0.236. The molecule has 4 nitrogen and oxygen atoms in total. The molecule has 0 atom stereocenters. The number of aromatic nitrogens is 3. The van der Waals surface area contributed by atoms with Gasteiger partial charge in [-0.15, -0.1) is 0 Å². The Bertz CT molecular complexity index is 490. The molecular weight excluding hydrogens is 224 g/mol. The van der Waals surface area contributed by atoms with Gasteiger partial charge in [0.1, 0.15) is 10.8 Å². The Morgan fingerprint density at radius 2 is 2.12 bits per heavy atom. The van der Waals surface area contributed by atoms with Gasteiger partial charge in [-0.25, -0.2) is 4.98 Å². The highest BCUT2D eigenvalue weighted by molar-refractivity contribution is 6.33. The molecule has 0 aliphatic heterocycles. The summed E-state index contributed by atoms with van der Waals surface area (Å²) in [4.78, 5) is 4.19. The molecule has 0 radical (unpaired) electrons. The number of nitrogens with two attached hydrogens (primary N) is 1. The molecule has 0 unspecified atom stereocenters. The van der Waals surface area contributed by atoms with E-state index in [-0.39, 0.29) is 5.92 Å². The summed E-state index contributed by atoms with van der Waals surface area (Å²) >= 11 is 6.12. The summed E-state index contributed by atoms with van der Waals surface area (Å²) in [6.07, 6.45) is 1.69. The largest absolute Gasteiger partial charge is 0.382 e. The van der Waals surface area contributed by atoms with Crippen LogP contribution in [0.15, 0.2) is 24.4 Å². The van der Waals surface area contributed by atoms with Gasteiger partial charge in [-0.1, -0.05) is 31.5 Å². The maximum Gasteiger partial charge on any atom is 0.155 e. The summed E-state index contributed by atoms with van der Waals surface area (Å²) < 4.78 is 1.57. The number of halogens is 1. The second kappa shape index (κ2) is 4.14. The second-order valence-electron chi connectivity index (χ2n) is 3.84. The van der Waals surface area contributed by atoms with E-state index in [1.54, 1.807) is 10.9 Å². The summed E-state index contributed by atoms with van der Waals surface area (Å²) in [6.45, 7) is 4.05. The van der Waals surface area contributed by atoms with Crippen LogP contribution in [0.5, 0.6) is 0 Å². The van der Waals surface area contributed by atoms with Crippen LogP contribution in [-0.4, -0.2) is 14.8 Å². The molecular formula is C11H13ClN4. The van der Waals surface area contributed by atoms with Gasteiger partial charge in [-0.2, -0.15) is 9.78 Å². The molecule has 0 bridgehead atoms. The predicted octanol–water partition coefficient (Wildman–Crippen LogP) is 2.63. The van der Waals surface area contributed by atoms with E-state index in [9.17, 15) is 0 Å². The lowest BCUT2D eigenvalue weighted by Crippen LogP contribution is -2.03. The molecule has 0 aliphatic carbocycles. The maximum absolute atomic E-state index is 6.12. The highest BCUT2D eigenvalue weighted by atomic mass is 35.5. The van der Waals surface area contributed by atoms with Crippen molar-refractivity contribution in [1.82, 2.24) is 14.8 Å². The van der Waals surface area contributed by atoms with E-state index in [1.165, 1.54) is 0 Å². The van der Waals surface area contributed by atoms with Crippen molar-refractivity contribution in [1.29, 1.82) is 0 Å². The number of nitrogen functional groups attached to an aromatic ring is 1. The van der Waals surface area contributed by atoms with E-state index in [4.69, 9.17) is 17.3 Å². The fraction of sp³-hybridized carbons (Fsp3) is 0.273. The highest BCUT2D eigenvalue weighted by Crippen LogP contribution is 2.29. The average molecular weight is 237 g/mol. The molecule has 2 aromatic heterocycles. The van der Waals surface area contributed by atoms with Crippen LogP contribution < -0.4 is 5.73 Å². The molecule has 0 aliphatic rings. The number of rotatable bonds is 2. The van der Waals surface area contributed by atoms with Gasteiger partial charge in [-0.05, 0) is 18.1 Å². The Morgan fingerprint density at radius 1 is 1.38 bits per heavy atom. The van der Waals surface area contributed by atoms with Gasteiger partial charge in [0.05, 0.1) is 5.69 Å². The zero-order valence-electron chi connectivity index (χ0n) is 9.18. The van der Waals surface area contributed by atoms with Crippen LogP contribution in [0.3, 0.4) is 0 Å². The summed E-state index contributed by atoms with van der Waals surface area (Å²) in [5.41, 5.74) is 6.70. The van der Waals surface area contributed by atoms with E-state index in [1.807, 2.05) is 32.0 Å². The standard InChI is InChI=1S/C11H13ClN4/c1-7(2)10-9(12)11(13)16(15-10)8-5-3-4-6-14-8/h3-7H,13H2,1-2H3. The zero-order chi connectivity index (χ0) is 11.7. The van der Waals surface area contributed by atoms with Gasteiger partial charge >= 0.3 is 0 Å². The first-order valence-corrected chi connectivity index (χ1v) is 5.44. The monoisotopic (exact) mass is 236 g/mol. The Morgan fingerprint density at radius 3 is 2.62 bits per heavy atom. The first kappa shape index (κ1) is 11.0. The maximum atomic E-state index is 6.12. The summed E-state index contributed by atoms with van der Waals surface area (Å²) in [7, 11) is 0. The smallest absolute Gasteiger partial charge is 0.155 e. The van der Waals surface area contributed by atoms with Gasteiger partial charge < -0.3 is 5.73 Å². The van der Waals surface area contributed by atoms with E-state index in [0.29, 0.717) is 16.7 Å². The van der Waals surface area contributed by atoms with Crippen LogP contribution in [0.1, 0.15) is 25.5 Å². The normalized spacial score (nSPS) is 11.0. The number of hydrogen-bond donors (Lipinski definition) is 1. The molecule has 2 rings (SSSR count). The molecule has 0 saturated carbocycles. The number of nitrogens with zero attached hydrogens (tertiary/aromatic N) is 3. The zero-order valence-corrected chi connectivity index (χ0v) is 9.94. The van der Waals surface area contributed by atoms with Crippen LogP contribution in [-0.2, 0) is 0 Å². The number of anilines is 1. The van der Waals surface area contributed by atoms with E-state index >= 15 is 0 Å². The molecule has 84 valence electrons. The Labute approximate surface area is 99.1 Å². The summed E-state index contributed by atoms with van der Waals surface area (Å²) in [6, 6.07) is 5.56. The predicted molar refractivity (Wildman–Crippen MR) is 64.9 cm³/mol. The SMILES string of the molecule is CC(C)c1nn(-c2ccccn2)c(N)c1Cl. The molecule has 0 spiro atoms. The Hall–Kier alpha value is -1.55. The quantitative estimate of drug-likeness (QED) is 0.872. The molecule has 5 heteroatoms.